The molecule has 12 heavy (non-hydrogen) atoms. The van der Waals surface area contributed by atoms with Crippen LogP contribution in [-0.2, 0) is 0 Å². The molecule has 0 bridgehead atoms. The lowest BCUT2D eigenvalue weighted by atomic mass is 10.3. The van der Waals surface area contributed by atoms with Gasteiger partial charge in [-0.25, -0.2) is 4.90 Å². The Bertz CT molecular complexity index is 257. The van der Waals surface area contributed by atoms with E-state index in [0.29, 0.717) is 5.84 Å². The van der Waals surface area contributed by atoms with Crippen LogP contribution in [-0.4, -0.2) is 12.4 Å². The van der Waals surface area contributed by atoms with Gasteiger partial charge in [-0.05, 0) is 13.3 Å². The maximum absolute atomic E-state index is 8.72. The molecule has 0 amide bonds. The maximum Gasteiger partial charge on any atom is 0.311 e. The van der Waals surface area contributed by atoms with Crippen molar-refractivity contribution in [2.24, 2.45) is 4.99 Å². The second-order valence-corrected chi connectivity index (χ2v) is 2.99. The van der Waals surface area contributed by atoms with Crippen molar-refractivity contribution in [3.05, 3.63) is 11.9 Å². The standard InChI is InChI=1S/C9H13N3/c1-3-4-5-12-7-8(2)11-9(12)6-10/h7H,3-5H2,1-2H3/p+1. The molecule has 0 aromatic carbocycles. The normalized spacial score (nSPS) is 21.6. The van der Waals surface area contributed by atoms with Crippen LogP contribution in [0.5, 0.6) is 0 Å². The first-order chi connectivity index (χ1) is 5.77. The van der Waals surface area contributed by atoms with E-state index in [9.17, 15) is 0 Å². The molecule has 64 valence electrons. The summed E-state index contributed by atoms with van der Waals surface area (Å²) >= 11 is 0. The summed E-state index contributed by atoms with van der Waals surface area (Å²) in [6.07, 6.45) is 4.31. The summed E-state index contributed by atoms with van der Waals surface area (Å²) in [5.41, 5.74) is 0.956. The molecule has 1 rings (SSSR count). The summed E-state index contributed by atoms with van der Waals surface area (Å²) in [6, 6.07) is 2.11. The number of aliphatic imine (C=N–C) groups is 1. The topological polar surface area (TPSA) is 40.6 Å². The molecule has 0 radical (unpaired) electrons. The number of nitriles is 1. The average Bonchev–Trinajstić information content (AvgIpc) is 2.42. The molecular formula is C9H14N3+. The van der Waals surface area contributed by atoms with Gasteiger partial charge in [0.05, 0.1) is 12.2 Å². The van der Waals surface area contributed by atoms with E-state index >= 15 is 0 Å². The van der Waals surface area contributed by atoms with Crippen LogP contribution >= 0.6 is 0 Å². The first kappa shape index (κ1) is 8.95. The summed E-state index contributed by atoms with van der Waals surface area (Å²) in [4.78, 5) is 5.23. The van der Waals surface area contributed by atoms with Crippen LogP contribution in [0.1, 0.15) is 26.7 Å². The zero-order valence-corrected chi connectivity index (χ0v) is 7.59. The fraction of sp³-hybridized carbons (Fsp3) is 0.556. The van der Waals surface area contributed by atoms with E-state index in [1.54, 1.807) is 0 Å². The molecule has 0 fully saturated rings. The predicted octanol–water partition coefficient (Wildman–Crippen LogP) is 0.468. The number of nitrogens with zero attached hydrogens (tertiary/aromatic N) is 2. The number of allylic oxidation sites excluding steroid dienone is 1. The van der Waals surface area contributed by atoms with Gasteiger partial charge in [-0.15, -0.1) is 0 Å². The second-order valence-electron chi connectivity index (χ2n) is 2.99. The number of unbranched alkanes of at least 4 members (excludes halogenated alkanes) is 1. The highest BCUT2D eigenvalue weighted by molar-refractivity contribution is 5.91. The molecule has 1 unspecified atom stereocenters. The highest BCUT2D eigenvalue weighted by atomic mass is 15.2. The first-order valence-corrected chi connectivity index (χ1v) is 4.31. The van der Waals surface area contributed by atoms with Crippen LogP contribution in [0, 0.1) is 11.3 Å². The van der Waals surface area contributed by atoms with Gasteiger partial charge >= 0.3 is 5.84 Å². The van der Waals surface area contributed by atoms with Gasteiger partial charge in [0.15, 0.2) is 6.07 Å². The number of quaternary nitrogens is 1. The van der Waals surface area contributed by atoms with E-state index in [4.69, 9.17) is 5.26 Å². The minimum Gasteiger partial charge on any atom is -0.249 e. The van der Waals surface area contributed by atoms with Gasteiger partial charge in [0, 0.05) is 0 Å². The smallest absolute Gasteiger partial charge is 0.249 e. The fourth-order valence-corrected chi connectivity index (χ4v) is 1.26. The van der Waals surface area contributed by atoms with Gasteiger partial charge < -0.3 is 0 Å². The van der Waals surface area contributed by atoms with Crippen molar-refractivity contribution in [1.82, 2.24) is 0 Å². The van der Waals surface area contributed by atoms with Crippen molar-refractivity contribution >= 4 is 5.84 Å². The Morgan fingerprint density at radius 1 is 1.67 bits per heavy atom. The lowest BCUT2D eigenvalue weighted by molar-refractivity contribution is -0.742. The van der Waals surface area contributed by atoms with Crippen LogP contribution in [0.25, 0.3) is 0 Å². The van der Waals surface area contributed by atoms with E-state index in [1.807, 2.05) is 13.1 Å². The third-order valence-electron chi connectivity index (χ3n) is 1.88. The number of nitrogens with one attached hydrogen (secondary N) is 1. The number of rotatable bonds is 3. The molecule has 3 nitrogen and oxygen atoms in total. The van der Waals surface area contributed by atoms with Gasteiger partial charge in [-0.3, -0.25) is 0 Å². The maximum atomic E-state index is 8.72. The first-order valence-electron chi connectivity index (χ1n) is 4.31. The molecule has 0 spiro atoms. The number of hydrogen-bond acceptors (Lipinski definition) is 2. The lowest BCUT2D eigenvalue weighted by Gasteiger charge is -2.05. The van der Waals surface area contributed by atoms with E-state index in [1.165, 1.54) is 0 Å². The Kier molecular flexibility index (Phi) is 3.01. The lowest BCUT2D eigenvalue weighted by Crippen LogP contribution is -3.09. The molecule has 3 heteroatoms. The molecule has 0 aromatic heterocycles. The summed E-state index contributed by atoms with van der Waals surface area (Å²) in [7, 11) is 0. The Labute approximate surface area is 73.0 Å². The van der Waals surface area contributed by atoms with E-state index < -0.39 is 0 Å². The molecule has 0 saturated heterocycles. The number of hydrogen-bond donors (Lipinski definition) is 1. The van der Waals surface area contributed by atoms with E-state index in [2.05, 4.69) is 18.0 Å². The van der Waals surface area contributed by atoms with Crippen LogP contribution in [0.2, 0.25) is 0 Å². The van der Waals surface area contributed by atoms with E-state index in [0.717, 1.165) is 30.0 Å². The van der Waals surface area contributed by atoms with Crippen molar-refractivity contribution < 1.29 is 4.90 Å². The molecule has 0 aliphatic carbocycles. The van der Waals surface area contributed by atoms with Crippen molar-refractivity contribution in [3.63, 3.8) is 0 Å². The van der Waals surface area contributed by atoms with Crippen molar-refractivity contribution in [2.45, 2.75) is 26.7 Å². The van der Waals surface area contributed by atoms with Gasteiger partial charge in [0.2, 0.25) is 0 Å². The minimum absolute atomic E-state index is 0.612. The Morgan fingerprint density at radius 3 is 3.00 bits per heavy atom. The summed E-state index contributed by atoms with van der Waals surface area (Å²) in [5.74, 6) is 0.612. The molecule has 1 N–H and O–H groups in total. The zero-order chi connectivity index (χ0) is 8.97. The molecule has 1 atom stereocenters. The average molecular weight is 164 g/mol. The highest BCUT2D eigenvalue weighted by Gasteiger charge is 2.20. The fourth-order valence-electron chi connectivity index (χ4n) is 1.26. The second kappa shape index (κ2) is 4.03. The van der Waals surface area contributed by atoms with Crippen molar-refractivity contribution in [2.75, 3.05) is 6.54 Å². The summed E-state index contributed by atoms with van der Waals surface area (Å²) < 4.78 is 0. The van der Waals surface area contributed by atoms with Gasteiger partial charge in [-0.1, -0.05) is 13.3 Å². The quantitative estimate of drug-likeness (QED) is 0.647. The van der Waals surface area contributed by atoms with Gasteiger partial charge in [0.25, 0.3) is 0 Å². The molecule has 1 heterocycles. The SMILES string of the molecule is CCCC[NH+]1C=C(C)N=C1C#N. The Hall–Kier alpha value is -1.14. The van der Waals surface area contributed by atoms with Crippen molar-refractivity contribution in [3.8, 4) is 6.07 Å². The molecule has 1 aliphatic heterocycles. The van der Waals surface area contributed by atoms with Gasteiger partial charge in [0.1, 0.15) is 6.20 Å². The van der Waals surface area contributed by atoms with Crippen LogP contribution < -0.4 is 4.90 Å². The van der Waals surface area contributed by atoms with Crippen LogP contribution in [0.15, 0.2) is 16.9 Å². The largest absolute Gasteiger partial charge is 0.311 e. The monoisotopic (exact) mass is 164 g/mol. The zero-order valence-electron chi connectivity index (χ0n) is 7.59. The summed E-state index contributed by atoms with van der Waals surface area (Å²) in [6.45, 7) is 5.06. The molecule has 0 aromatic rings. The van der Waals surface area contributed by atoms with Crippen molar-refractivity contribution in [1.29, 1.82) is 5.26 Å². The van der Waals surface area contributed by atoms with Crippen LogP contribution in [0.3, 0.4) is 0 Å². The number of amidine groups is 1. The Balaban J connectivity index is 2.56. The summed E-state index contributed by atoms with van der Waals surface area (Å²) in [5, 5.41) is 8.72. The van der Waals surface area contributed by atoms with Gasteiger partial charge in [-0.2, -0.15) is 10.3 Å². The molecular weight excluding hydrogens is 150 g/mol. The third kappa shape index (κ3) is 1.93. The van der Waals surface area contributed by atoms with Crippen LogP contribution in [0.4, 0.5) is 0 Å². The Morgan fingerprint density at radius 2 is 2.42 bits per heavy atom. The minimum atomic E-state index is 0.612. The highest BCUT2D eigenvalue weighted by Crippen LogP contribution is 1.95. The van der Waals surface area contributed by atoms with E-state index in [-0.39, 0.29) is 0 Å². The molecule has 1 aliphatic rings. The predicted molar refractivity (Wildman–Crippen MR) is 47.5 cm³/mol. The third-order valence-corrected chi connectivity index (χ3v) is 1.88. The molecule has 0 saturated carbocycles.